The van der Waals surface area contributed by atoms with Gasteiger partial charge in [-0.25, -0.2) is 0 Å². The van der Waals surface area contributed by atoms with E-state index in [0.29, 0.717) is 17.6 Å². The van der Waals surface area contributed by atoms with E-state index in [0.717, 1.165) is 18.4 Å². The summed E-state index contributed by atoms with van der Waals surface area (Å²) < 4.78 is 0. The molecule has 0 saturated heterocycles. The maximum absolute atomic E-state index is 12.4. The van der Waals surface area contributed by atoms with Crippen molar-refractivity contribution in [1.82, 2.24) is 0 Å². The number of carbonyl (C=O) groups excluding carboxylic acids is 1. The molecule has 1 aromatic carbocycles. The van der Waals surface area contributed by atoms with E-state index in [-0.39, 0.29) is 5.92 Å². The van der Waals surface area contributed by atoms with Crippen molar-refractivity contribution in [3.63, 3.8) is 0 Å². The summed E-state index contributed by atoms with van der Waals surface area (Å²) in [7, 11) is 0. The molecule has 1 fully saturated rings. The smallest absolute Gasteiger partial charge is 0.165 e. The van der Waals surface area contributed by atoms with Gasteiger partial charge in [-0.1, -0.05) is 43.7 Å². The van der Waals surface area contributed by atoms with Crippen LogP contribution in [0.2, 0.25) is 0 Å². The summed E-state index contributed by atoms with van der Waals surface area (Å²) in [6.45, 7) is 6.59. The Bertz CT molecular complexity index is 380. The van der Waals surface area contributed by atoms with Gasteiger partial charge < -0.3 is 0 Å². The first kappa shape index (κ1) is 12.3. The highest BCUT2D eigenvalue weighted by atomic mass is 16.1. The number of aryl methyl sites for hydroxylation is 1. The molecule has 1 aliphatic rings. The molecule has 2 unspecified atom stereocenters. The van der Waals surface area contributed by atoms with Gasteiger partial charge in [0.2, 0.25) is 0 Å². The average Bonchev–Trinajstić information content (AvgIpc) is 2.28. The van der Waals surface area contributed by atoms with Gasteiger partial charge in [0.1, 0.15) is 0 Å². The molecule has 0 spiro atoms. The van der Waals surface area contributed by atoms with E-state index < -0.39 is 0 Å². The van der Waals surface area contributed by atoms with Crippen LogP contribution in [0.25, 0.3) is 0 Å². The molecule has 1 aliphatic carbocycles. The van der Waals surface area contributed by atoms with Crippen LogP contribution in [-0.4, -0.2) is 5.78 Å². The Labute approximate surface area is 104 Å². The molecule has 2 atom stereocenters. The second-order valence-corrected chi connectivity index (χ2v) is 5.84. The van der Waals surface area contributed by atoms with Crippen LogP contribution in [0, 0.1) is 24.7 Å². The summed E-state index contributed by atoms with van der Waals surface area (Å²) in [5, 5.41) is 0. The van der Waals surface area contributed by atoms with Crippen LogP contribution in [0.4, 0.5) is 0 Å². The van der Waals surface area contributed by atoms with Crippen LogP contribution in [0.15, 0.2) is 24.3 Å². The molecular weight excluding hydrogens is 208 g/mol. The molecule has 1 aromatic rings. The Hall–Kier alpha value is -1.11. The third-order valence-corrected chi connectivity index (χ3v) is 3.89. The zero-order valence-corrected chi connectivity index (χ0v) is 11.1. The number of ketones is 1. The maximum atomic E-state index is 12.4. The van der Waals surface area contributed by atoms with Gasteiger partial charge in [0.25, 0.3) is 0 Å². The van der Waals surface area contributed by atoms with E-state index in [1.807, 2.05) is 24.3 Å². The molecule has 0 aliphatic heterocycles. The van der Waals surface area contributed by atoms with Crippen molar-refractivity contribution in [2.24, 2.45) is 17.8 Å². The Morgan fingerprint density at radius 2 is 1.53 bits per heavy atom. The largest absolute Gasteiger partial charge is 0.294 e. The lowest BCUT2D eigenvalue weighted by molar-refractivity contribution is 0.0836. The van der Waals surface area contributed by atoms with E-state index in [1.54, 1.807) is 0 Å². The highest BCUT2D eigenvalue weighted by molar-refractivity contribution is 5.97. The van der Waals surface area contributed by atoms with Gasteiger partial charge in [0.05, 0.1) is 0 Å². The molecule has 1 nitrogen and oxygen atoms in total. The monoisotopic (exact) mass is 230 g/mol. The predicted molar refractivity (Wildman–Crippen MR) is 71.2 cm³/mol. The van der Waals surface area contributed by atoms with Crippen molar-refractivity contribution in [2.45, 2.75) is 40.0 Å². The van der Waals surface area contributed by atoms with E-state index in [1.165, 1.54) is 12.0 Å². The minimum absolute atomic E-state index is 0.247. The SMILES string of the molecule is Cc1ccc(C(=O)C2CC(C)CC(C)C2)cc1. The number of benzene rings is 1. The summed E-state index contributed by atoms with van der Waals surface area (Å²) in [4.78, 5) is 12.4. The molecule has 0 radical (unpaired) electrons. The number of rotatable bonds is 2. The van der Waals surface area contributed by atoms with Gasteiger partial charge in [-0.2, -0.15) is 0 Å². The Kier molecular flexibility index (Phi) is 3.66. The maximum Gasteiger partial charge on any atom is 0.165 e. The lowest BCUT2D eigenvalue weighted by atomic mass is 9.74. The van der Waals surface area contributed by atoms with Crippen LogP contribution >= 0.6 is 0 Å². The number of Topliss-reactive ketones (excluding diaryl/α,β-unsaturated/α-hetero) is 1. The summed E-state index contributed by atoms with van der Waals surface area (Å²) in [5.41, 5.74) is 2.11. The number of hydrogen-bond acceptors (Lipinski definition) is 1. The second-order valence-electron chi connectivity index (χ2n) is 5.84. The fourth-order valence-corrected chi connectivity index (χ4v) is 3.11. The van der Waals surface area contributed by atoms with Crippen LogP contribution in [0.5, 0.6) is 0 Å². The normalized spacial score (nSPS) is 29.0. The topological polar surface area (TPSA) is 17.1 Å². The summed E-state index contributed by atoms with van der Waals surface area (Å²) in [6.07, 6.45) is 3.41. The molecular formula is C16H22O. The first-order valence-electron chi connectivity index (χ1n) is 6.67. The summed E-state index contributed by atoms with van der Waals surface area (Å²) in [6, 6.07) is 8.01. The highest BCUT2D eigenvalue weighted by Crippen LogP contribution is 2.34. The van der Waals surface area contributed by atoms with Crippen LogP contribution in [0.1, 0.15) is 49.0 Å². The van der Waals surface area contributed by atoms with Crippen LogP contribution in [-0.2, 0) is 0 Å². The van der Waals surface area contributed by atoms with Gasteiger partial charge >= 0.3 is 0 Å². The molecule has 0 N–H and O–H groups in total. The Balaban J connectivity index is 2.11. The molecule has 1 saturated carbocycles. The minimum Gasteiger partial charge on any atom is -0.294 e. The Morgan fingerprint density at radius 1 is 1.00 bits per heavy atom. The molecule has 2 rings (SSSR count). The molecule has 1 heteroatoms. The number of carbonyl (C=O) groups is 1. The van der Waals surface area contributed by atoms with Gasteiger partial charge in [-0.05, 0) is 38.0 Å². The molecule has 17 heavy (non-hydrogen) atoms. The van der Waals surface area contributed by atoms with E-state index in [9.17, 15) is 4.79 Å². The van der Waals surface area contributed by atoms with Gasteiger partial charge in [0.15, 0.2) is 5.78 Å². The van der Waals surface area contributed by atoms with Crippen LogP contribution in [0.3, 0.4) is 0 Å². The zero-order valence-electron chi connectivity index (χ0n) is 11.1. The second kappa shape index (κ2) is 5.03. The number of hydrogen-bond donors (Lipinski definition) is 0. The van der Waals surface area contributed by atoms with Crippen molar-refractivity contribution in [1.29, 1.82) is 0 Å². The first-order chi connectivity index (χ1) is 8.06. The fraction of sp³-hybridized carbons (Fsp3) is 0.562. The minimum atomic E-state index is 0.247. The third-order valence-electron chi connectivity index (χ3n) is 3.89. The van der Waals surface area contributed by atoms with E-state index in [2.05, 4.69) is 20.8 Å². The fourth-order valence-electron chi connectivity index (χ4n) is 3.11. The lowest BCUT2D eigenvalue weighted by Crippen LogP contribution is -2.26. The Morgan fingerprint density at radius 3 is 2.06 bits per heavy atom. The summed E-state index contributed by atoms with van der Waals surface area (Å²) in [5.74, 6) is 1.98. The average molecular weight is 230 g/mol. The van der Waals surface area contributed by atoms with Crippen molar-refractivity contribution in [2.75, 3.05) is 0 Å². The van der Waals surface area contributed by atoms with Crippen molar-refractivity contribution >= 4 is 5.78 Å². The third kappa shape index (κ3) is 2.96. The van der Waals surface area contributed by atoms with E-state index in [4.69, 9.17) is 0 Å². The van der Waals surface area contributed by atoms with Gasteiger partial charge in [-0.15, -0.1) is 0 Å². The zero-order chi connectivity index (χ0) is 12.4. The molecule has 0 aromatic heterocycles. The van der Waals surface area contributed by atoms with Crippen molar-refractivity contribution < 1.29 is 4.79 Å². The molecule has 92 valence electrons. The van der Waals surface area contributed by atoms with Gasteiger partial charge in [-0.3, -0.25) is 4.79 Å². The van der Waals surface area contributed by atoms with E-state index >= 15 is 0 Å². The van der Waals surface area contributed by atoms with Gasteiger partial charge in [0, 0.05) is 11.5 Å². The standard InChI is InChI=1S/C16H22O/c1-11-4-6-14(7-5-11)16(17)15-9-12(2)8-13(3)10-15/h4-7,12-13,15H,8-10H2,1-3H3. The van der Waals surface area contributed by atoms with Crippen molar-refractivity contribution in [3.8, 4) is 0 Å². The molecule has 0 heterocycles. The quantitative estimate of drug-likeness (QED) is 0.694. The molecule has 0 bridgehead atoms. The van der Waals surface area contributed by atoms with Crippen molar-refractivity contribution in [3.05, 3.63) is 35.4 Å². The first-order valence-corrected chi connectivity index (χ1v) is 6.67. The predicted octanol–water partition coefficient (Wildman–Crippen LogP) is 4.25. The summed E-state index contributed by atoms with van der Waals surface area (Å²) >= 11 is 0. The molecule has 0 amide bonds. The lowest BCUT2D eigenvalue weighted by Gasteiger charge is -2.30. The highest BCUT2D eigenvalue weighted by Gasteiger charge is 2.29. The van der Waals surface area contributed by atoms with Crippen LogP contribution < -0.4 is 0 Å².